The summed E-state index contributed by atoms with van der Waals surface area (Å²) in [6, 6.07) is 15.4. The molecule has 2 unspecified atom stereocenters. The summed E-state index contributed by atoms with van der Waals surface area (Å²) < 4.78 is 5.21. The molecule has 1 aromatic heterocycles. The maximum Gasteiger partial charge on any atom is 0.261 e. The lowest BCUT2D eigenvalue weighted by atomic mass is 10.0. The van der Waals surface area contributed by atoms with Gasteiger partial charge < -0.3 is 20.3 Å². The van der Waals surface area contributed by atoms with Crippen molar-refractivity contribution in [2.45, 2.75) is 18.5 Å². The van der Waals surface area contributed by atoms with Crippen LogP contribution in [0, 0.1) is 0 Å². The van der Waals surface area contributed by atoms with Gasteiger partial charge in [-0.15, -0.1) is 11.3 Å². The van der Waals surface area contributed by atoms with E-state index in [2.05, 4.69) is 10.6 Å². The summed E-state index contributed by atoms with van der Waals surface area (Å²) in [6.07, 6.45) is 0.522. The molecule has 162 valence electrons. The molecule has 0 bridgehead atoms. The van der Waals surface area contributed by atoms with Crippen molar-refractivity contribution in [1.82, 2.24) is 10.2 Å². The van der Waals surface area contributed by atoms with E-state index in [1.165, 1.54) is 11.3 Å². The van der Waals surface area contributed by atoms with Crippen molar-refractivity contribution < 1.29 is 19.1 Å². The molecule has 2 aliphatic rings. The predicted molar refractivity (Wildman–Crippen MR) is 122 cm³/mol. The van der Waals surface area contributed by atoms with Crippen LogP contribution in [0.25, 0.3) is 11.1 Å². The van der Waals surface area contributed by atoms with E-state index in [0.717, 1.165) is 16.9 Å². The lowest BCUT2D eigenvalue weighted by molar-refractivity contribution is -0.120. The molecular formula is C24H21N3O4S. The quantitative estimate of drug-likeness (QED) is 0.642. The van der Waals surface area contributed by atoms with E-state index in [0.29, 0.717) is 29.1 Å². The molecule has 1 saturated heterocycles. The Morgan fingerprint density at radius 1 is 1.12 bits per heavy atom. The van der Waals surface area contributed by atoms with Gasteiger partial charge in [0.2, 0.25) is 5.91 Å². The number of hydrogen-bond donors (Lipinski definition) is 2. The van der Waals surface area contributed by atoms with Gasteiger partial charge in [0, 0.05) is 6.54 Å². The molecule has 3 amide bonds. The Bertz CT molecular complexity index is 1190. The molecule has 8 heteroatoms. The number of carbonyl (C=O) groups is 3. The fourth-order valence-corrected chi connectivity index (χ4v) is 4.92. The molecule has 2 N–H and O–H groups in total. The van der Waals surface area contributed by atoms with Crippen LogP contribution in [-0.2, 0) is 4.79 Å². The fraction of sp³-hybridized carbons (Fsp3) is 0.208. The lowest BCUT2D eigenvalue weighted by Crippen LogP contribution is -2.51. The highest BCUT2D eigenvalue weighted by atomic mass is 32.1. The monoisotopic (exact) mass is 447 g/mol. The minimum atomic E-state index is -0.747. The molecular weight excluding hydrogens is 426 g/mol. The number of methoxy groups -OCH3 is 1. The Morgan fingerprint density at radius 2 is 1.91 bits per heavy atom. The maximum atomic E-state index is 13.4. The average Bonchev–Trinajstić information content (AvgIpc) is 3.47. The van der Waals surface area contributed by atoms with E-state index in [1.54, 1.807) is 36.3 Å². The van der Waals surface area contributed by atoms with Gasteiger partial charge in [0.15, 0.2) is 0 Å². The van der Waals surface area contributed by atoms with Crippen molar-refractivity contribution in [3.05, 3.63) is 70.4 Å². The SMILES string of the molecule is COc1ccc(-c2ccc3c(c2)C(=O)N2CCC(NC(=O)c4cccs4)C2C(=O)N3)cc1. The number of carbonyl (C=O) groups excluding carboxylic acids is 3. The molecule has 0 aliphatic carbocycles. The summed E-state index contributed by atoms with van der Waals surface area (Å²) in [7, 11) is 1.61. The van der Waals surface area contributed by atoms with Crippen LogP contribution in [-0.4, -0.2) is 48.4 Å². The smallest absolute Gasteiger partial charge is 0.261 e. The zero-order chi connectivity index (χ0) is 22.2. The number of hydrogen-bond acceptors (Lipinski definition) is 5. The van der Waals surface area contributed by atoms with Crippen molar-refractivity contribution >= 4 is 34.7 Å². The van der Waals surface area contributed by atoms with Gasteiger partial charge in [-0.3, -0.25) is 14.4 Å². The van der Waals surface area contributed by atoms with Gasteiger partial charge in [-0.25, -0.2) is 0 Å². The second kappa shape index (κ2) is 8.12. The second-order valence-corrected chi connectivity index (χ2v) is 8.72. The first-order valence-corrected chi connectivity index (χ1v) is 11.2. The van der Waals surface area contributed by atoms with E-state index in [1.807, 2.05) is 35.7 Å². The Labute approximate surface area is 189 Å². The van der Waals surface area contributed by atoms with E-state index >= 15 is 0 Å². The Hall–Kier alpha value is -3.65. The number of benzene rings is 2. The molecule has 2 atom stereocenters. The summed E-state index contributed by atoms with van der Waals surface area (Å²) in [6.45, 7) is 0.401. The topological polar surface area (TPSA) is 87.7 Å². The first-order chi connectivity index (χ1) is 15.5. The highest BCUT2D eigenvalue weighted by Crippen LogP contribution is 2.33. The zero-order valence-electron chi connectivity index (χ0n) is 17.3. The van der Waals surface area contributed by atoms with Crippen LogP contribution < -0.4 is 15.4 Å². The summed E-state index contributed by atoms with van der Waals surface area (Å²) >= 11 is 1.34. The van der Waals surface area contributed by atoms with Crippen molar-refractivity contribution in [3.63, 3.8) is 0 Å². The number of fused-ring (bicyclic) bond motifs is 2. The Kier molecular flexibility index (Phi) is 5.14. The molecule has 0 radical (unpaired) electrons. The number of ether oxygens (including phenoxy) is 1. The number of nitrogens with one attached hydrogen (secondary N) is 2. The van der Waals surface area contributed by atoms with Crippen LogP contribution in [0.1, 0.15) is 26.5 Å². The second-order valence-electron chi connectivity index (χ2n) is 7.77. The lowest BCUT2D eigenvalue weighted by Gasteiger charge is -2.24. The van der Waals surface area contributed by atoms with Crippen molar-refractivity contribution in [2.75, 3.05) is 19.0 Å². The van der Waals surface area contributed by atoms with Gasteiger partial charge in [0.1, 0.15) is 11.8 Å². The van der Waals surface area contributed by atoms with Crippen molar-refractivity contribution in [2.24, 2.45) is 0 Å². The molecule has 2 aliphatic heterocycles. The minimum Gasteiger partial charge on any atom is -0.497 e. The Balaban J connectivity index is 1.42. The van der Waals surface area contributed by atoms with Crippen LogP contribution in [0.3, 0.4) is 0 Å². The third kappa shape index (κ3) is 3.52. The average molecular weight is 448 g/mol. The van der Waals surface area contributed by atoms with Crippen molar-refractivity contribution in [1.29, 1.82) is 0 Å². The summed E-state index contributed by atoms with van der Waals surface area (Å²) in [4.78, 5) is 41.1. The van der Waals surface area contributed by atoms with Gasteiger partial charge in [0.25, 0.3) is 11.8 Å². The number of nitrogens with zero attached hydrogens (tertiary/aromatic N) is 1. The molecule has 0 saturated carbocycles. The molecule has 3 heterocycles. The number of rotatable bonds is 4. The number of amides is 3. The third-order valence-corrected chi connectivity index (χ3v) is 6.79. The van der Waals surface area contributed by atoms with Gasteiger partial charge >= 0.3 is 0 Å². The van der Waals surface area contributed by atoms with Crippen LogP contribution in [0.15, 0.2) is 60.0 Å². The number of thiophene rings is 1. The molecule has 2 aromatic carbocycles. The molecule has 7 nitrogen and oxygen atoms in total. The summed E-state index contributed by atoms with van der Waals surface area (Å²) in [5, 5.41) is 7.66. The fourth-order valence-electron chi connectivity index (χ4n) is 4.30. The molecule has 32 heavy (non-hydrogen) atoms. The van der Waals surface area contributed by atoms with E-state index in [9.17, 15) is 14.4 Å². The highest BCUT2D eigenvalue weighted by Gasteiger charge is 2.45. The van der Waals surface area contributed by atoms with E-state index in [4.69, 9.17) is 4.74 Å². The standard InChI is InChI=1S/C24H21N3O4S/c1-31-16-7-4-14(5-8-16)15-6-9-18-17(13-15)24(30)27-11-10-19(21(27)23(29)25-18)26-22(28)20-3-2-12-32-20/h2-9,12-13,19,21H,10-11H2,1H3,(H,25,29)(H,26,28). The normalized spacial score (nSPS) is 19.6. The Morgan fingerprint density at radius 3 is 2.62 bits per heavy atom. The highest BCUT2D eigenvalue weighted by molar-refractivity contribution is 7.12. The molecule has 3 aromatic rings. The third-order valence-electron chi connectivity index (χ3n) is 5.92. The summed E-state index contributed by atoms with van der Waals surface area (Å²) in [5.74, 6) is 0.0212. The van der Waals surface area contributed by atoms with Gasteiger partial charge in [-0.2, -0.15) is 0 Å². The van der Waals surface area contributed by atoms with E-state index in [-0.39, 0.29) is 17.7 Å². The van der Waals surface area contributed by atoms with Crippen LogP contribution in [0.2, 0.25) is 0 Å². The summed E-state index contributed by atoms with van der Waals surface area (Å²) in [5.41, 5.74) is 2.74. The molecule has 1 fully saturated rings. The van der Waals surface area contributed by atoms with Crippen LogP contribution in [0.5, 0.6) is 5.75 Å². The van der Waals surface area contributed by atoms with Gasteiger partial charge in [0.05, 0.1) is 29.3 Å². The molecule has 0 spiro atoms. The predicted octanol–water partition coefficient (Wildman–Crippen LogP) is 3.39. The first kappa shape index (κ1) is 20.3. The largest absolute Gasteiger partial charge is 0.497 e. The molecule has 5 rings (SSSR count). The maximum absolute atomic E-state index is 13.4. The van der Waals surface area contributed by atoms with Crippen LogP contribution >= 0.6 is 11.3 Å². The van der Waals surface area contributed by atoms with Crippen molar-refractivity contribution in [3.8, 4) is 16.9 Å². The number of anilines is 1. The van der Waals surface area contributed by atoms with E-state index < -0.39 is 12.1 Å². The zero-order valence-corrected chi connectivity index (χ0v) is 18.1. The van der Waals surface area contributed by atoms with Gasteiger partial charge in [-0.1, -0.05) is 24.3 Å². The van der Waals surface area contributed by atoms with Crippen LogP contribution in [0.4, 0.5) is 5.69 Å². The first-order valence-electron chi connectivity index (χ1n) is 10.3. The van der Waals surface area contributed by atoms with Gasteiger partial charge in [-0.05, 0) is 53.3 Å². The minimum absolute atomic E-state index is 0.216.